The van der Waals surface area contributed by atoms with E-state index in [-0.39, 0.29) is 5.69 Å². The fraction of sp³-hybridized carbons (Fsp3) is 0.400. The van der Waals surface area contributed by atoms with Gasteiger partial charge in [0.2, 0.25) is 0 Å². The van der Waals surface area contributed by atoms with Crippen LogP contribution >= 0.6 is 11.3 Å². The van der Waals surface area contributed by atoms with Gasteiger partial charge in [-0.2, -0.15) is 0 Å². The molecule has 3 heterocycles. The number of hydrogen-bond donors (Lipinski definition) is 2. The highest BCUT2D eigenvalue weighted by atomic mass is 32.1. The summed E-state index contributed by atoms with van der Waals surface area (Å²) in [4.78, 5) is 26.1. The van der Waals surface area contributed by atoms with Crippen LogP contribution < -0.4 is 14.8 Å². The number of thiazole rings is 1. The minimum Gasteiger partial charge on any atom is -0.493 e. The Morgan fingerprint density at radius 2 is 2.13 bits per heavy atom. The van der Waals surface area contributed by atoms with Gasteiger partial charge in [-0.15, -0.1) is 11.3 Å². The number of rotatable bonds is 9. The summed E-state index contributed by atoms with van der Waals surface area (Å²) in [5.74, 6) is 0.619. The molecule has 3 aromatic rings. The Balaban J connectivity index is 1.47. The maximum Gasteiger partial charge on any atom is 0.355 e. The minimum absolute atomic E-state index is 0.0174. The van der Waals surface area contributed by atoms with Crippen LogP contribution in [0.1, 0.15) is 16.9 Å². The van der Waals surface area contributed by atoms with E-state index in [1.807, 2.05) is 6.07 Å². The summed E-state index contributed by atoms with van der Waals surface area (Å²) in [5, 5.41) is 14.7. The number of aromatic carboxylic acids is 1. The lowest BCUT2D eigenvalue weighted by Gasteiger charge is -2.26. The lowest BCUT2D eigenvalue weighted by Crippen LogP contribution is -2.37. The van der Waals surface area contributed by atoms with Gasteiger partial charge in [0, 0.05) is 36.5 Å². The van der Waals surface area contributed by atoms with Crippen LogP contribution in [0.2, 0.25) is 0 Å². The Bertz CT molecular complexity index is 1050. The van der Waals surface area contributed by atoms with Gasteiger partial charge >= 0.3 is 5.97 Å². The molecule has 11 heteroatoms. The van der Waals surface area contributed by atoms with Crippen molar-refractivity contribution in [2.75, 3.05) is 51.9 Å². The number of nitrogens with one attached hydrogen (secondary N) is 1. The largest absolute Gasteiger partial charge is 0.493 e. The first-order chi connectivity index (χ1) is 15.1. The van der Waals surface area contributed by atoms with Crippen molar-refractivity contribution in [2.24, 2.45) is 0 Å². The number of carbonyl (C=O) groups is 1. The van der Waals surface area contributed by atoms with Gasteiger partial charge in [-0.05, 0) is 12.5 Å². The number of hydrogen-bond acceptors (Lipinski definition) is 10. The van der Waals surface area contributed by atoms with Crippen molar-refractivity contribution in [3.63, 3.8) is 0 Å². The number of fused-ring (bicyclic) bond motifs is 1. The van der Waals surface area contributed by atoms with Crippen molar-refractivity contribution in [3.8, 4) is 11.5 Å². The number of carboxylic acids is 1. The van der Waals surface area contributed by atoms with E-state index in [9.17, 15) is 4.79 Å². The second-order valence-electron chi connectivity index (χ2n) is 6.87. The molecule has 164 valence electrons. The molecule has 31 heavy (non-hydrogen) atoms. The molecule has 0 radical (unpaired) electrons. The van der Waals surface area contributed by atoms with Crippen molar-refractivity contribution in [1.82, 2.24) is 19.9 Å². The van der Waals surface area contributed by atoms with Gasteiger partial charge < -0.3 is 24.6 Å². The smallest absolute Gasteiger partial charge is 0.355 e. The van der Waals surface area contributed by atoms with E-state index >= 15 is 0 Å². The van der Waals surface area contributed by atoms with E-state index < -0.39 is 5.97 Å². The zero-order valence-electron chi connectivity index (χ0n) is 17.0. The monoisotopic (exact) mass is 445 g/mol. The van der Waals surface area contributed by atoms with E-state index in [1.54, 1.807) is 13.2 Å². The number of nitrogens with zero attached hydrogens (tertiary/aromatic N) is 4. The molecule has 0 aliphatic carbocycles. The molecular formula is C20H23N5O5S. The lowest BCUT2D eigenvalue weighted by atomic mass is 10.2. The number of morpholine rings is 1. The number of aromatic nitrogens is 3. The second kappa shape index (κ2) is 9.86. The van der Waals surface area contributed by atoms with Crippen LogP contribution in [0.15, 0.2) is 23.8 Å². The molecule has 0 atom stereocenters. The van der Waals surface area contributed by atoms with E-state index in [0.29, 0.717) is 40.0 Å². The highest BCUT2D eigenvalue weighted by Gasteiger charge is 2.15. The fourth-order valence-electron chi connectivity index (χ4n) is 3.26. The second-order valence-corrected chi connectivity index (χ2v) is 7.72. The molecule has 2 aromatic heterocycles. The summed E-state index contributed by atoms with van der Waals surface area (Å²) in [6.07, 6.45) is 2.33. The van der Waals surface area contributed by atoms with Crippen molar-refractivity contribution in [1.29, 1.82) is 0 Å². The Hall–Kier alpha value is -3.02. The average molecular weight is 446 g/mol. The van der Waals surface area contributed by atoms with Crippen molar-refractivity contribution >= 4 is 39.2 Å². The zero-order chi connectivity index (χ0) is 21.6. The molecule has 10 nitrogen and oxygen atoms in total. The van der Waals surface area contributed by atoms with Gasteiger partial charge in [0.05, 0.1) is 32.4 Å². The molecular weight excluding hydrogens is 422 g/mol. The highest BCUT2D eigenvalue weighted by Crippen LogP contribution is 2.35. The molecule has 0 bridgehead atoms. The molecule has 0 saturated carbocycles. The third-order valence-electron chi connectivity index (χ3n) is 4.85. The molecule has 1 saturated heterocycles. The third kappa shape index (κ3) is 5.19. The Kier molecular flexibility index (Phi) is 6.75. The fourth-order valence-corrected chi connectivity index (χ4v) is 3.95. The summed E-state index contributed by atoms with van der Waals surface area (Å²) in [6.45, 7) is 5.01. The summed E-state index contributed by atoms with van der Waals surface area (Å²) >= 11 is 1.19. The molecule has 1 aromatic carbocycles. The number of methoxy groups -OCH3 is 1. The normalized spacial score (nSPS) is 14.5. The van der Waals surface area contributed by atoms with Crippen molar-refractivity contribution < 1.29 is 24.1 Å². The predicted molar refractivity (Wildman–Crippen MR) is 116 cm³/mol. The van der Waals surface area contributed by atoms with Gasteiger partial charge in [-0.25, -0.2) is 19.7 Å². The molecule has 0 amide bonds. The standard InChI is InChI=1S/C20H23N5O5S/c1-28-16-9-13-14(10-17(16)30-6-2-3-25-4-7-29-8-5-25)21-12-22-18(13)24-20-23-15(11-31-20)19(26)27/h9-12H,2-8H2,1H3,(H,26,27)(H,21,22,23,24). The van der Waals surface area contributed by atoms with E-state index in [4.69, 9.17) is 19.3 Å². The predicted octanol–water partition coefficient (Wildman–Crippen LogP) is 2.64. The van der Waals surface area contributed by atoms with E-state index in [0.717, 1.165) is 39.3 Å². The van der Waals surface area contributed by atoms with Gasteiger partial charge in [-0.1, -0.05) is 0 Å². The summed E-state index contributed by atoms with van der Waals surface area (Å²) in [6, 6.07) is 3.63. The van der Waals surface area contributed by atoms with Crippen molar-refractivity contribution in [2.45, 2.75) is 6.42 Å². The number of ether oxygens (including phenoxy) is 3. The number of anilines is 2. The van der Waals surface area contributed by atoms with E-state index in [2.05, 4.69) is 25.2 Å². The van der Waals surface area contributed by atoms with Crippen molar-refractivity contribution in [3.05, 3.63) is 29.5 Å². The maximum atomic E-state index is 11.1. The van der Waals surface area contributed by atoms with Gasteiger partial charge in [0.25, 0.3) is 0 Å². The molecule has 1 fully saturated rings. The van der Waals surface area contributed by atoms with Crippen LogP contribution in [0.3, 0.4) is 0 Å². The van der Waals surface area contributed by atoms with Crippen LogP contribution in [0.4, 0.5) is 10.9 Å². The Labute approximate surface area is 182 Å². The summed E-state index contributed by atoms with van der Waals surface area (Å²) in [5.41, 5.74) is 0.660. The van der Waals surface area contributed by atoms with Crippen LogP contribution in [-0.2, 0) is 4.74 Å². The lowest BCUT2D eigenvalue weighted by molar-refractivity contribution is 0.0357. The quantitative estimate of drug-likeness (QED) is 0.476. The Morgan fingerprint density at radius 3 is 2.87 bits per heavy atom. The Morgan fingerprint density at radius 1 is 1.29 bits per heavy atom. The summed E-state index contributed by atoms with van der Waals surface area (Å²) in [7, 11) is 1.58. The van der Waals surface area contributed by atoms with Crippen LogP contribution in [0.5, 0.6) is 11.5 Å². The number of carboxylic acid groups (broad SMARTS) is 1. The highest BCUT2D eigenvalue weighted by molar-refractivity contribution is 7.14. The van der Waals surface area contributed by atoms with Crippen LogP contribution in [0.25, 0.3) is 10.9 Å². The molecule has 2 N–H and O–H groups in total. The average Bonchev–Trinajstić information content (AvgIpc) is 3.26. The zero-order valence-corrected chi connectivity index (χ0v) is 17.9. The molecule has 4 rings (SSSR count). The van der Waals surface area contributed by atoms with Gasteiger partial charge in [-0.3, -0.25) is 4.90 Å². The first-order valence-electron chi connectivity index (χ1n) is 9.85. The first-order valence-corrected chi connectivity index (χ1v) is 10.7. The SMILES string of the molecule is COc1cc2c(Nc3nc(C(=O)O)cs3)ncnc2cc1OCCCN1CCOCC1. The molecule has 1 aliphatic heterocycles. The third-order valence-corrected chi connectivity index (χ3v) is 5.61. The van der Waals surface area contributed by atoms with Crippen LogP contribution in [-0.4, -0.2) is 77.5 Å². The molecule has 0 spiro atoms. The molecule has 0 unspecified atom stereocenters. The van der Waals surface area contributed by atoms with Gasteiger partial charge in [0.1, 0.15) is 12.1 Å². The minimum atomic E-state index is -1.08. The van der Waals surface area contributed by atoms with Crippen LogP contribution in [0, 0.1) is 0 Å². The van der Waals surface area contributed by atoms with Gasteiger partial charge in [0.15, 0.2) is 22.3 Å². The number of benzene rings is 1. The molecule has 1 aliphatic rings. The maximum absolute atomic E-state index is 11.1. The first kappa shape index (κ1) is 21.2. The summed E-state index contributed by atoms with van der Waals surface area (Å²) < 4.78 is 16.9. The topological polar surface area (TPSA) is 119 Å². The van der Waals surface area contributed by atoms with E-state index in [1.165, 1.54) is 23.0 Å².